The molecule has 19 heavy (non-hydrogen) atoms. The van der Waals surface area contributed by atoms with Gasteiger partial charge in [0.15, 0.2) is 5.78 Å². The molecule has 1 aromatic heterocycles. The standard InChI is InChI=1S/C14H18N2O3/c1-7(2)15-13(18)10-6-9-11(16-14(10)19)4-8(3)5-12(9)17/h6-8H,4-5H2,1-3H3,(H,15,18)(H,16,19). The Morgan fingerprint density at radius 3 is 2.68 bits per heavy atom. The van der Waals surface area contributed by atoms with Crippen molar-refractivity contribution in [3.05, 3.63) is 33.2 Å². The second-order valence-electron chi connectivity index (χ2n) is 5.47. The van der Waals surface area contributed by atoms with Crippen molar-refractivity contribution < 1.29 is 9.59 Å². The number of H-pyrrole nitrogens is 1. The lowest BCUT2D eigenvalue weighted by atomic mass is 9.86. The van der Waals surface area contributed by atoms with Crippen molar-refractivity contribution in [2.45, 2.75) is 39.7 Å². The van der Waals surface area contributed by atoms with Crippen LogP contribution in [0.3, 0.4) is 0 Å². The number of pyridine rings is 1. The van der Waals surface area contributed by atoms with Gasteiger partial charge in [-0.3, -0.25) is 14.4 Å². The summed E-state index contributed by atoms with van der Waals surface area (Å²) in [6.07, 6.45) is 1.13. The Morgan fingerprint density at radius 1 is 1.37 bits per heavy atom. The SMILES string of the molecule is CC1CC(=O)c2cc(C(=O)NC(C)C)c(=O)[nH]c2C1. The molecule has 1 aromatic rings. The smallest absolute Gasteiger partial charge is 0.261 e. The molecule has 0 saturated heterocycles. The lowest BCUT2D eigenvalue weighted by Crippen LogP contribution is -2.35. The predicted molar refractivity (Wildman–Crippen MR) is 71.5 cm³/mol. The minimum absolute atomic E-state index is 0.00959. The van der Waals surface area contributed by atoms with Gasteiger partial charge in [-0.25, -0.2) is 0 Å². The van der Waals surface area contributed by atoms with Gasteiger partial charge in [-0.2, -0.15) is 0 Å². The van der Waals surface area contributed by atoms with E-state index in [0.29, 0.717) is 24.1 Å². The van der Waals surface area contributed by atoms with Crippen LogP contribution in [0.15, 0.2) is 10.9 Å². The fourth-order valence-electron chi connectivity index (χ4n) is 2.33. The molecule has 0 bridgehead atoms. The number of carbonyl (C=O) groups excluding carboxylic acids is 2. The number of fused-ring (bicyclic) bond motifs is 1. The normalized spacial score (nSPS) is 18.3. The van der Waals surface area contributed by atoms with Crippen LogP contribution < -0.4 is 10.9 Å². The molecule has 1 aliphatic carbocycles. The van der Waals surface area contributed by atoms with Gasteiger partial charge in [-0.15, -0.1) is 0 Å². The van der Waals surface area contributed by atoms with Crippen LogP contribution in [0.2, 0.25) is 0 Å². The van der Waals surface area contributed by atoms with E-state index in [1.165, 1.54) is 6.07 Å². The number of aromatic nitrogens is 1. The highest BCUT2D eigenvalue weighted by atomic mass is 16.2. The molecule has 2 N–H and O–H groups in total. The first-order chi connectivity index (χ1) is 8.88. The molecule has 1 atom stereocenters. The summed E-state index contributed by atoms with van der Waals surface area (Å²) in [4.78, 5) is 38.4. The summed E-state index contributed by atoms with van der Waals surface area (Å²) in [6.45, 7) is 5.60. The van der Waals surface area contributed by atoms with E-state index in [0.717, 1.165) is 0 Å². The van der Waals surface area contributed by atoms with Gasteiger partial charge in [0.1, 0.15) is 5.56 Å². The largest absolute Gasteiger partial charge is 0.350 e. The number of nitrogens with one attached hydrogen (secondary N) is 2. The highest BCUT2D eigenvalue weighted by molar-refractivity contribution is 6.01. The Kier molecular flexibility index (Phi) is 3.55. The molecule has 5 nitrogen and oxygen atoms in total. The van der Waals surface area contributed by atoms with Gasteiger partial charge in [0.25, 0.3) is 11.5 Å². The second kappa shape index (κ2) is 4.99. The van der Waals surface area contributed by atoms with Crippen LogP contribution in [0.5, 0.6) is 0 Å². The van der Waals surface area contributed by atoms with Crippen molar-refractivity contribution in [1.29, 1.82) is 0 Å². The van der Waals surface area contributed by atoms with Crippen LogP contribution in [0.4, 0.5) is 0 Å². The molecule has 1 aliphatic rings. The average molecular weight is 262 g/mol. The number of Topliss-reactive ketones (excluding diaryl/α,β-unsaturated/α-hetero) is 1. The van der Waals surface area contributed by atoms with Crippen molar-refractivity contribution >= 4 is 11.7 Å². The zero-order valence-corrected chi connectivity index (χ0v) is 11.4. The zero-order valence-electron chi connectivity index (χ0n) is 11.4. The monoisotopic (exact) mass is 262 g/mol. The van der Waals surface area contributed by atoms with Gasteiger partial charge in [-0.05, 0) is 32.3 Å². The maximum absolute atomic E-state index is 12.0. The number of rotatable bonds is 2. The summed E-state index contributed by atoms with van der Waals surface area (Å²) in [7, 11) is 0. The first-order valence-electron chi connectivity index (χ1n) is 6.48. The summed E-state index contributed by atoms with van der Waals surface area (Å²) in [5, 5.41) is 2.66. The van der Waals surface area contributed by atoms with Crippen molar-refractivity contribution in [2.24, 2.45) is 5.92 Å². The number of hydrogen-bond acceptors (Lipinski definition) is 3. The number of amides is 1. The van der Waals surface area contributed by atoms with Crippen molar-refractivity contribution in [3.63, 3.8) is 0 Å². The van der Waals surface area contributed by atoms with Gasteiger partial charge in [0, 0.05) is 23.7 Å². The molecule has 0 spiro atoms. The third-order valence-corrected chi connectivity index (χ3v) is 3.17. The van der Waals surface area contributed by atoms with E-state index in [9.17, 15) is 14.4 Å². The first-order valence-corrected chi connectivity index (χ1v) is 6.48. The topological polar surface area (TPSA) is 79.0 Å². The number of aromatic amines is 1. The van der Waals surface area contributed by atoms with Crippen LogP contribution >= 0.6 is 0 Å². The molecule has 5 heteroatoms. The van der Waals surface area contributed by atoms with E-state index in [4.69, 9.17) is 0 Å². The molecular formula is C14H18N2O3. The van der Waals surface area contributed by atoms with Gasteiger partial charge < -0.3 is 10.3 Å². The Labute approximate surface area is 111 Å². The lowest BCUT2D eigenvalue weighted by molar-refractivity contribution is 0.0941. The molecular weight excluding hydrogens is 244 g/mol. The molecule has 0 aliphatic heterocycles. The van der Waals surface area contributed by atoms with Crippen molar-refractivity contribution in [1.82, 2.24) is 10.3 Å². The first kappa shape index (κ1) is 13.5. The van der Waals surface area contributed by atoms with Crippen LogP contribution in [0.25, 0.3) is 0 Å². The van der Waals surface area contributed by atoms with E-state index < -0.39 is 11.5 Å². The second-order valence-corrected chi connectivity index (χ2v) is 5.47. The molecule has 0 aromatic carbocycles. The maximum atomic E-state index is 12.0. The zero-order chi connectivity index (χ0) is 14.2. The average Bonchev–Trinajstić information content (AvgIpc) is 2.26. The maximum Gasteiger partial charge on any atom is 0.261 e. The highest BCUT2D eigenvalue weighted by Gasteiger charge is 2.25. The van der Waals surface area contributed by atoms with Gasteiger partial charge >= 0.3 is 0 Å². The highest BCUT2D eigenvalue weighted by Crippen LogP contribution is 2.23. The number of hydrogen-bond donors (Lipinski definition) is 2. The van der Waals surface area contributed by atoms with E-state index in [1.807, 2.05) is 20.8 Å². The summed E-state index contributed by atoms with van der Waals surface area (Å²) < 4.78 is 0. The third kappa shape index (κ3) is 2.75. The molecule has 2 rings (SSSR count). The van der Waals surface area contributed by atoms with Crippen LogP contribution in [-0.4, -0.2) is 22.7 Å². The van der Waals surface area contributed by atoms with Gasteiger partial charge in [-0.1, -0.05) is 6.92 Å². The van der Waals surface area contributed by atoms with Crippen LogP contribution in [0.1, 0.15) is 53.6 Å². The van der Waals surface area contributed by atoms with Gasteiger partial charge in [0.2, 0.25) is 0 Å². The molecule has 0 radical (unpaired) electrons. The fourth-order valence-corrected chi connectivity index (χ4v) is 2.33. The summed E-state index contributed by atoms with van der Waals surface area (Å²) >= 11 is 0. The number of carbonyl (C=O) groups is 2. The molecule has 0 fully saturated rings. The van der Waals surface area contributed by atoms with Crippen LogP contribution in [-0.2, 0) is 6.42 Å². The van der Waals surface area contributed by atoms with Gasteiger partial charge in [0.05, 0.1) is 0 Å². The van der Waals surface area contributed by atoms with E-state index in [2.05, 4.69) is 10.3 Å². The molecule has 102 valence electrons. The Bertz CT molecular complexity index is 587. The minimum Gasteiger partial charge on any atom is -0.350 e. The van der Waals surface area contributed by atoms with E-state index >= 15 is 0 Å². The Morgan fingerprint density at radius 2 is 2.05 bits per heavy atom. The predicted octanol–water partition coefficient (Wildman–Crippen LogP) is 1.28. The quantitative estimate of drug-likeness (QED) is 0.842. The van der Waals surface area contributed by atoms with Crippen molar-refractivity contribution in [2.75, 3.05) is 0 Å². The lowest BCUT2D eigenvalue weighted by Gasteiger charge is -2.20. The molecule has 1 amide bonds. The fraction of sp³-hybridized carbons (Fsp3) is 0.500. The third-order valence-electron chi connectivity index (χ3n) is 3.17. The van der Waals surface area contributed by atoms with Crippen LogP contribution in [0, 0.1) is 5.92 Å². The summed E-state index contributed by atoms with van der Waals surface area (Å²) in [6, 6.07) is 1.37. The summed E-state index contributed by atoms with van der Waals surface area (Å²) in [5.74, 6) is -0.222. The minimum atomic E-state index is -0.439. The Balaban J connectivity index is 2.44. The van der Waals surface area contributed by atoms with E-state index in [-0.39, 0.29) is 23.3 Å². The Hall–Kier alpha value is -1.91. The number of ketones is 1. The summed E-state index contributed by atoms with van der Waals surface area (Å²) in [5.41, 5.74) is 0.704. The molecule has 1 heterocycles. The van der Waals surface area contributed by atoms with Crippen molar-refractivity contribution in [3.8, 4) is 0 Å². The molecule has 0 saturated carbocycles. The molecule has 1 unspecified atom stereocenters. The van der Waals surface area contributed by atoms with E-state index in [1.54, 1.807) is 0 Å².